The van der Waals surface area contributed by atoms with Gasteiger partial charge in [-0.15, -0.1) is 11.3 Å². The van der Waals surface area contributed by atoms with Crippen molar-refractivity contribution in [2.45, 2.75) is 25.0 Å². The second-order valence-electron chi connectivity index (χ2n) is 6.41. The van der Waals surface area contributed by atoms with Gasteiger partial charge in [-0.2, -0.15) is 0 Å². The molecule has 4 amide bonds. The Morgan fingerprint density at radius 1 is 1.32 bits per heavy atom. The van der Waals surface area contributed by atoms with E-state index in [1.165, 1.54) is 29.4 Å². The van der Waals surface area contributed by atoms with E-state index in [4.69, 9.17) is 5.11 Å². The molecule has 2 aliphatic rings. The van der Waals surface area contributed by atoms with Crippen LogP contribution in [0.2, 0.25) is 0 Å². The van der Waals surface area contributed by atoms with E-state index in [0.717, 1.165) is 15.3 Å². The maximum atomic E-state index is 12.4. The topological polar surface area (TPSA) is 81.2 Å². The Kier molecular flexibility index (Phi) is 4.66. The van der Waals surface area contributed by atoms with Crippen molar-refractivity contribution in [3.63, 3.8) is 0 Å². The fraction of sp³-hybridized carbons (Fsp3) is 0.471. The number of hydrogen-bond donors (Lipinski definition) is 1. The van der Waals surface area contributed by atoms with Crippen LogP contribution in [0.3, 0.4) is 0 Å². The van der Waals surface area contributed by atoms with E-state index < -0.39 is 5.54 Å². The monoisotopic (exact) mass is 363 g/mol. The third-order valence-corrected chi connectivity index (χ3v) is 6.01. The number of hydrogen-bond acceptors (Lipinski definition) is 5. The van der Waals surface area contributed by atoms with Crippen molar-refractivity contribution in [3.05, 3.63) is 28.0 Å². The molecule has 0 saturated carbocycles. The van der Waals surface area contributed by atoms with Gasteiger partial charge in [0.1, 0.15) is 5.54 Å². The van der Waals surface area contributed by atoms with Gasteiger partial charge < -0.3 is 14.9 Å². The van der Waals surface area contributed by atoms with Gasteiger partial charge in [-0.25, -0.2) is 4.79 Å². The summed E-state index contributed by atoms with van der Waals surface area (Å²) in [5.74, 6) is -0.292. The summed E-state index contributed by atoms with van der Waals surface area (Å²) < 4.78 is 0. The Labute approximate surface area is 150 Å². The van der Waals surface area contributed by atoms with Crippen molar-refractivity contribution in [1.82, 2.24) is 14.7 Å². The van der Waals surface area contributed by atoms with Crippen LogP contribution >= 0.6 is 11.3 Å². The molecule has 0 atom stereocenters. The van der Waals surface area contributed by atoms with Crippen molar-refractivity contribution < 1.29 is 19.5 Å². The zero-order chi connectivity index (χ0) is 18.2. The molecule has 3 heterocycles. The van der Waals surface area contributed by atoms with E-state index in [0.29, 0.717) is 25.9 Å². The Balaban J connectivity index is 1.63. The number of nitrogens with zero attached hydrogens (tertiary/aromatic N) is 3. The average molecular weight is 363 g/mol. The zero-order valence-electron chi connectivity index (χ0n) is 14.3. The number of aliphatic hydroxyl groups excluding tert-OH is 1. The van der Waals surface area contributed by atoms with Gasteiger partial charge >= 0.3 is 6.03 Å². The molecule has 25 heavy (non-hydrogen) atoms. The van der Waals surface area contributed by atoms with Gasteiger partial charge in [-0.1, -0.05) is 0 Å². The van der Waals surface area contributed by atoms with E-state index in [9.17, 15) is 14.4 Å². The van der Waals surface area contributed by atoms with Crippen LogP contribution in [0.5, 0.6) is 0 Å². The van der Waals surface area contributed by atoms with E-state index in [-0.39, 0.29) is 24.5 Å². The molecule has 0 aromatic carbocycles. The van der Waals surface area contributed by atoms with Crippen LogP contribution in [0.1, 0.15) is 23.3 Å². The molecule has 7 nitrogen and oxygen atoms in total. The molecule has 1 N–H and O–H groups in total. The number of thiophene rings is 1. The number of imide groups is 1. The lowest BCUT2D eigenvalue weighted by Crippen LogP contribution is -2.56. The van der Waals surface area contributed by atoms with Gasteiger partial charge in [0.25, 0.3) is 5.91 Å². The molecular formula is C17H21N3O4S. The SMILES string of the molecule is CN1C(=O)N(C)C2(CCN(C(=O)C=Cc3cc(CO)cs3)CC2)C1=O. The lowest BCUT2D eigenvalue weighted by Gasteiger charge is -2.40. The quantitative estimate of drug-likeness (QED) is 0.645. The number of likely N-dealkylation sites (tertiary alicyclic amines) is 1. The van der Waals surface area contributed by atoms with Crippen molar-refractivity contribution in [1.29, 1.82) is 0 Å². The molecule has 1 spiro atoms. The third kappa shape index (κ3) is 2.96. The first kappa shape index (κ1) is 17.6. The van der Waals surface area contributed by atoms with Crippen molar-refractivity contribution in [3.8, 4) is 0 Å². The molecule has 0 unspecified atom stereocenters. The standard InChI is InChI=1S/C17H21N3O4S/c1-18-15(23)17(19(2)16(18)24)5-7-20(8-6-17)14(22)4-3-13-9-12(10-21)11-25-13/h3-4,9,11,21H,5-8,10H2,1-2H3. The van der Waals surface area contributed by atoms with Gasteiger partial charge in [0.05, 0.1) is 6.61 Å². The summed E-state index contributed by atoms with van der Waals surface area (Å²) in [5.41, 5.74) is 0.0180. The number of carbonyl (C=O) groups excluding carboxylic acids is 3. The lowest BCUT2D eigenvalue weighted by molar-refractivity contribution is -0.138. The number of carbonyl (C=O) groups is 3. The zero-order valence-corrected chi connectivity index (χ0v) is 15.1. The molecule has 8 heteroatoms. The van der Waals surface area contributed by atoms with E-state index in [1.807, 2.05) is 11.4 Å². The van der Waals surface area contributed by atoms with Crippen molar-refractivity contribution in [2.75, 3.05) is 27.2 Å². The number of amides is 4. The Hall–Kier alpha value is -2.19. The minimum Gasteiger partial charge on any atom is -0.392 e. The Morgan fingerprint density at radius 2 is 2.00 bits per heavy atom. The lowest BCUT2D eigenvalue weighted by atomic mass is 9.86. The normalized spacial score (nSPS) is 20.4. The minimum atomic E-state index is -0.809. The van der Waals surface area contributed by atoms with Gasteiger partial charge in [0.15, 0.2) is 0 Å². The van der Waals surface area contributed by atoms with Crippen molar-refractivity contribution in [2.24, 2.45) is 0 Å². The summed E-state index contributed by atoms with van der Waals surface area (Å²) in [4.78, 5) is 42.1. The summed E-state index contributed by atoms with van der Waals surface area (Å²) in [7, 11) is 3.15. The fourth-order valence-electron chi connectivity index (χ4n) is 3.42. The summed E-state index contributed by atoms with van der Waals surface area (Å²) in [6.45, 7) is 0.862. The third-order valence-electron chi connectivity index (χ3n) is 5.07. The number of piperidine rings is 1. The summed E-state index contributed by atoms with van der Waals surface area (Å²) >= 11 is 1.47. The molecule has 2 fully saturated rings. The molecule has 0 bridgehead atoms. The van der Waals surface area contributed by atoms with Gasteiger partial charge in [0, 0.05) is 38.1 Å². The number of rotatable bonds is 3. The van der Waals surface area contributed by atoms with Crippen LogP contribution in [-0.2, 0) is 16.2 Å². The van der Waals surface area contributed by atoms with Crippen LogP contribution in [0.25, 0.3) is 6.08 Å². The molecule has 0 radical (unpaired) electrons. The Bertz CT molecular complexity index is 734. The van der Waals surface area contributed by atoms with Crippen molar-refractivity contribution >= 4 is 35.3 Å². The second kappa shape index (κ2) is 6.61. The maximum Gasteiger partial charge on any atom is 0.327 e. The highest BCUT2D eigenvalue weighted by molar-refractivity contribution is 7.11. The summed E-state index contributed by atoms with van der Waals surface area (Å²) in [5, 5.41) is 10.9. The summed E-state index contributed by atoms with van der Waals surface area (Å²) in [6, 6.07) is 1.55. The first-order chi connectivity index (χ1) is 11.9. The largest absolute Gasteiger partial charge is 0.392 e. The number of likely N-dealkylation sites (N-methyl/N-ethyl adjacent to an activating group) is 2. The van der Waals surface area contributed by atoms with Gasteiger partial charge in [-0.05, 0) is 35.9 Å². The van der Waals surface area contributed by atoms with Crippen LogP contribution < -0.4 is 0 Å². The molecule has 0 aliphatic carbocycles. The second-order valence-corrected chi connectivity index (χ2v) is 7.35. The number of urea groups is 1. The molecular weight excluding hydrogens is 342 g/mol. The molecule has 2 aliphatic heterocycles. The highest BCUT2D eigenvalue weighted by Crippen LogP contribution is 2.35. The highest BCUT2D eigenvalue weighted by Gasteiger charge is 2.55. The van der Waals surface area contributed by atoms with E-state index >= 15 is 0 Å². The van der Waals surface area contributed by atoms with Crippen LogP contribution in [-0.4, -0.2) is 70.4 Å². The van der Waals surface area contributed by atoms with E-state index in [1.54, 1.807) is 18.0 Å². The van der Waals surface area contributed by atoms with E-state index in [2.05, 4.69) is 0 Å². The molecule has 1 aromatic heterocycles. The van der Waals surface area contributed by atoms with Crippen LogP contribution in [0, 0.1) is 0 Å². The van der Waals surface area contributed by atoms with Gasteiger partial charge in [-0.3, -0.25) is 14.5 Å². The average Bonchev–Trinajstić information content (AvgIpc) is 3.16. The van der Waals surface area contributed by atoms with Crippen LogP contribution in [0.4, 0.5) is 4.79 Å². The summed E-state index contributed by atoms with van der Waals surface area (Å²) in [6.07, 6.45) is 4.15. The van der Waals surface area contributed by atoms with Crippen LogP contribution in [0.15, 0.2) is 17.5 Å². The highest BCUT2D eigenvalue weighted by atomic mass is 32.1. The fourth-order valence-corrected chi connectivity index (χ4v) is 4.22. The van der Waals surface area contributed by atoms with Gasteiger partial charge in [0.2, 0.25) is 5.91 Å². The first-order valence-electron chi connectivity index (χ1n) is 8.10. The molecule has 134 valence electrons. The molecule has 2 saturated heterocycles. The maximum absolute atomic E-state index is 12.4. The Morgan fingerprint density at radius 3 is 2.52 bits per heavy atom. The molecule has 3 rings (SSSR count). The predicted octanol–water partition coefficient (Wildman–Crippen LogP) is 1.14. The predicted molar refractivity (Wildman–Crippen MR) is 93.7 cm³/mol. The smallest absolute Gasteiger partial charge is 0.327 e. The number of aliphatic hydroxyl groups is 1. The first-order valence-corrected chi connectivity index (χ1v) is 8.98. The molecule has 1 aromatic rings. The minimum absolute atomic E-state index is 0.0127.